The highest BCUT2D eigenvalue weighted by molar-refractivity contribution is 6.36. The number of amides is 1. The van der Waals surface area contributed by atoms with E-state index < -0.39 is 24.3 Å². The fraction of sp³-hybridized carbons (Fsp3) is 0.188. The first-order valence-corrected chi connectivity index (χ1v) is 7.64. The van der Waals surface area contributed by atoms with Crippen molar-refractivity contribution < 1.29 is 18.7 Å². The molecule has 1 N–H and O–H groups in total. The average Bonchev–Trinajstić information content (AvgIpc) is 2.53. The standard InChI is InChI=1S/C16H13Cl2FN2O3/c1-9-11(17)7-12(18)16(20-9)21-14(22)8-24-15(23)6-10-4-2-3-5-13(10)19/h2-5,7H,6,8H2,1H3,(H,20,21,22). The van der Waals surface area contributed by atoms with E-state index in [9.17, 15) is 14.0 Å². The van der Waals surface area contributed by atoms with Gasteiger partial charge in [0, 0.05) is 0 Å². The van der Waals surface area contributed by atoms with Gasteiger partial charge in [0.2, 0.25) is 0 Å². The Hall–Kier alpha value is -2.18. The van der Waals surface area contributed by atoms with Crippen molar-refractivity contribution in [2.24, 2.45) is 0 Å². The molecule has 0 unspecified atom stereocenters. The third kappa shape index (κ3) is 4.91. The van der Waals surface area contributed by atoms with E-state index in [0.717, 1.165) is 0 Å². The average molecular weight is 371 g/mol. The Morgan fingerprint density at radius 3 is 2.67 bits per heavy atom. The molecule has 1 aromatic carbocycles. The molecule has 1 heterocycles. The van der Waals surface area contributed by atoms with Gasteiger partial charge in [-0.15, -0.1) is 0 Å². The zero-order valence-corrected chi connectivity index (χ0v) is 14.1. The first-order valence-electron chi connectivity index (χ1n) is 6.88. The van der Waals surface area contributed by atoms with Crippen molar-refractivity contribution in [2.45, 2.75) is 13.3 Å². The summed E-state index contributed by atoms with van der Waals surface area (Å²) in [5, 5.41) is 2.95. The lowest BCUT2D eigenvalue weighted by molar-refractivity contribution is -0.146. The second-order valence-electron chi connectivity index (χ2n) is 4.86. The van der Waals surface area contributed by atoms with E-state index in [1.807, 2.05) is 0 Å². The van der Waals surface area contributed by atoms with Gasteiger partial charge in [0.15, 0.2) is 12.4 Å². The molecule has 0 fully saturated rings. The van der Waals surface area contributed by atoms with Crippen molar-refractivity contribution in [2.75, 3.05) is 11.9 Å². The van der Waals surface area contributed by atoms with E-state index in [-0.39, 0.29) is 22.8 Å². The predicted octanol–water partition coefficient (Wildman–Crippen LogP) is 3.56. The van der Waals surface area contributed by atoms with Gasteiger partial charge in [-0.2, -0.15) is 0 Å². The van der Waals surface area contributed by atoms with Crippen molar-refractivity contribution >= 4 is 40.9 Å². The summed E-state index contributed by atoms with van der Waals surface area (Å²) in [6.45, 7) is 1.12. The number of hydrogen-bond acceptors (Lipinski definition) is 4. The third-order valence-corrected chi connectivity index (χ3v) is 3.69. The van der Waals surface area contributed by atoms with E-state index in [2.05, 4.69) is 10.3 Å². The summed E-state index contributed by atoms with van der Waals surface area (Å²) in [6.07, 6.45) is -0.265. The highest BCUT2D eigenvalue weighted by atomic mass is 35.5. The summed E-state index contributed by atoms with van der Waals surface area (Å²) in [5.41, 5.74) is 0.689. The van der Waals surface area contributed by atoms with Crippen LogP contribution in [0.5, 0.6) is 0 Å². The van der Waals surface area contributed by atoms with Crippen LogP contribution in [0.15, 0.2) is 30.3 Å². The monoisotopic (exact) mass is 370 g/mol. The van der Waals surface area contributed by atoms with Crippen LogP contribution in [0.1, 0.15) is 11.3 Å². The number of hydrogen-bond donors (Lipinski definition) is 1. The SMILES string of the molecule is Cc1nc(NC(=O)COC(=O)Cc2ccccc2F)c(Cl)cc1Cl. The van der Waals surface area contributed by atoms with Gasteiger partial charge in [0.1, 0.15) is 5.82 Å². The molecule has 0 radical (unpaired) electrons. The van der Waals surface area contributed by atoms with Crippen LogP contribution in [0, 0.1) is 12.7 Å². The fourth-order valence-corrected chi connectivity index (χ4v) is 2.21. The van der Waals surface area contributed by atoms with Gasteiger partial charge in [0.25, 0.3) is 5.91 Å². The molecule has 0 aliphatic carbocycles. The molecular weight excluding hydrogens is 358 g/mol. The maximum Gasteiger partial charge on any atom is 0.310 e. The Bertz CT molecular complexity index is 784. The fourth-order valence-electron chi connectivity index (χ4n) is 1.81. The van der Waals surface area contributed by atoms with Gasteiger partial charge >= 0.3 is 5.97 Å². The topological polar surface area (TPSA) is 68.3 Å². The number of carbonyl (C=O) groups is 2. The summed E-state index contributed by atoms with van der Waals surface area (Å²) in [4.78, 5) is 27.5. The minimum Gasteiger partial charge on any atom is -0.455 e. The normalized spacial score (nSPS) is 10.3. The maximum absolute atomic E-state index is 13.4. The van der Waals surface area contributed by atoms with Gasteiger partial charge in [-0.25, -0.2) is 9.37 Å². The van der Waals surface area contributed by atoms with Gasteiger partial charge in [-0.05, 0) is 24.6 Å². The van der Waals surface area contributed by atoms with Crippen molar-refractivity contribution in [1.29, 1.82) is 0 Å². The second-order valence-corrected chi connectivity index (χ2v) is 5.68. The number of carbonyl (C=O) groups excluding carboxylic acids is 2. The molecule has 0 saturated heterocycles. The molecule has 2 rings (SSSR count). The number of aromatic nitrogens is 1. The number of nitrogens with zero attached hydrogens (tertiary/aromatic N) is 1. The zero-order chi connectivity index (χ0) is 17.7. The number of nitrogens with one attached hydrogen (secondary N) is 1. The van der Waals surface area contributed by atoms with E-state index in [4.69, 9.17) is 27.9 Å². The largest absolute Gasteiger partial charge is 0.455 e. The van der Waals surface area contributed by atoms with Crippen molar-refractivity contribution in [3.05, 3.63) is 57.5 Å². The number of rotatable bonds is 5. The second kappa shape index (κ2) is 8.08. The summed E-state index contributed by atoms with van der Waals surface area (Å²) in [5.74, 6) is -1.73. The number of ether oxygens (including phenoxy) is 1. The molecule has 24 heavy (non-hydrogen) atoms. The van der Waals surface area contributed by atoms with E-state index >= 15 is 0 Å². The molecule has 1 aromatic heterocycles. The van der Waals surface area contributed by atoms with Crippen LogP contribution in [0.3, 0.4) is 0 Å². The lowest BCUT2D eigenvalue weighted by Gasteiger charge is -2.09. The van der Waals surface area contributed by atoms with Gasteiger partial charge in [-0.3, -0.25) is 9.59 Å². The number of halogens is 3. The van der Waals surface area contributed by atoms with Gasteiger partial charge in [-0.1, -0.05) is 41.4 Å². The molecule has 0 atom stereocenters. The first kappa shape index (κ1) is 18.2. The highest BCUT2D eigenvalue weighted by Gasteiger charge is 2.13. The maximum atomic E-state index is 13.4. The molecule has 1 amide bonds. The number of benzene rings is 1. The number of esters is 1. The van der Waals surface area contributed by atoms with Crippen LogP contribution in [0.2, 0.25) is 10.0 Å². The summed E-state index contributed by atoms with van der Waals surface area (Å²) in [7, 11) is 0. The number of aryl methyl sites for hydroxylation is 1. The predicted molar refractivity (Wildman–Crippen MR) is 88.7 cm³/mol. The molecule has 5 nitrogen and oxygen atoms in total. The molecular formula is C16H13Cl2FN2O3. The Labute approximate surface area is 147 Å². The Kier molecular flexibility index (Phi) is 6.11. The summed E-state index contributed by atoms with van der Waals surface area (Å²) >= 11 is 11.8. The van der Waals surface area contributed by atoms with Crippen LogP contribution >= 0.6 is 23.2 Å². The molecule has 0 aliphatic rings. The Morgan fingerprint density at radius 2 is 1.96 bits per heavy atom. The van der Waals surface area contributed by atoms with Crippen LogP contribution in [0.4, 0.5) is 10.2 Å². The summed E-state index contributed by atoms with van der Waals surface area (Å²) in [6, 6.07) is 7.28. The summed E-state index contributed by atoms with van der Waals surface area (Å²) < 4.78 is 18.2. The van der Waals surface area contributed by atoms with Gasteiger partial charge < -0.3 is 10.1 Å². The molecule has 0 bridgehead atoms. The van der Waals surface area contributed by atoms with Gasteiger partial charge in [0.05, 0.1) is 22.2 Å². The zero-order valence-electron chi connectivity index (χ0n) is 12.6. The van der Waals surface area contributed by atoms with Crippen molar-refractivity contribution in [3.8, 4) is 0 Å². The van der Waals surface area contributed by atoms with Crippen LogP contribution in [-0.2, 0) is 20.7 Å². The lowest BCUT2D eigenvalue weighted by Crippen LogP contribution is -2.22. The Balaban J connectivity index is 1.88. The lowest BCUT2D eigenvalue weighted by atomic mass is 10.1. The molecule has 0 spiro atoms. The number of anilines is 1. The van der Waals surface area contributed by atoms with Crippen molar-refractivity contribution in [1.82, 2.24) is 4.98 Å². The molecule has 8 heteroatoms. The van der Waals surface area contributed by atoms with Crippen LogP contribution in [0.25, 0.3) is 0 Å². The minimum absolute atomic E-state index is 0.119. The van der Waals surface area contributed by atoms with Crippen LogP contribution < -0.4 is 5.32 Å². The van der Waals surface area contributed by atoms with E-state index in [0.29, 0.717) is 10.7 Å². The minimum atomic E-state index is -0.721. The molecule has 2 aromatic rings. The highest BCUT2D eigenvalue weighted by Crippen LogP contribution is 2.25. The molecule has 126 valence electrons. The quantitative estimate of drug-likeness (QED) is 0.817. The third-order valence-electron chi connectivity index (χ3n) is 3.02. The van der Waals surface area contributed by atoms with Crippen molar-refractivity contribution in [3.63, 3.8) is 0 Å². The van der Waals surface area contributed by atoms with Crippen LogP contribution in [-0.4, -0.2) is 23.5 Å². The molecule has 0 aliphatic heterocycles. The molecule has 0 saturated carbocycles. The Morgan fingerprint density at radius 1 is 1.25 bits per heavy atom. The van der Waals surface area contributed by atoms with E-state index in [1.54, 1.807) is 13.0 Å². The first-order chi connectivity index (χ1) is 11.4. The smallest absolute Gasteiger partial charge is 0.310 e. The van der Waals surface area contributed by atoms with E-state index in [1.165, 1.54) is 24.3 Å². The number of pyridine rings is 1.